The molecule has 2 N–H and O–H groups in total. The molecule has 0 bridgehead atoms. The molecule has 0 aromatic carbocycles. The molecule has 1 amide bonds. The number of carbonyl (C=O) groups is 1. The Hall–Kier alpha value is -0.620. The zero-order chi connectivity index (χ0) is 15.5. The number of nitrogens with zero attached hydrogens (tertiary/aromatic N) is 1. The first kappa shape index (κ1) is 16.7. The lowest BCUT2D eigenvalue weighted by molar-refractivity contribution is -0.135. The molecule has 1 saturated heterocycles. The van der Waals surface area contributed by atoms with E-state index in [2.05, 4.69) is 0 Å². The molecular formula is C15H28N2O3S. The SMILES string of the molecule is CS(=O)(=O)CCC(N)C(=O)N1CCC2(CCCCC2)CC1. The summed E-state index contributed by atoms with van der Waals surface area (Å²) >= 11 is 0. The van der Waals surface area contributed by atoms with Gasteiger partial charge in [-0.25, -0.2) is 8.42 Å². The summed E-state index contributed by atoms with van der Waals surface area (Å²) in [5.41, 5.74) is 6.33. The quantitative estimate of drug-likeness (QED) is 0.848. The van der Waals surface area contributed by atoms with E-state index < -0.39 is 15.9 Å². The summed E-state index contributed by atoms with van der Waals surface area (Å²) in [5, 5.41) is 0. The third-order valence-corrected chi connectivity index (χ3v) is 6.14. The number of amides is 1. The first-order valence-electron chi connectivity index (χ1n) is 8.03. The topological polar surface area (TPSA) is 80.5 Å². The van der Waals surface area contributed by atoms with Gasteiger partial charge in [0.15, 0.2) is 0 Å². The number of piperidine rings is 1. The number of rotatable bonds is 4. The monoisotopic (exact) mass is 316 g/mol. The van der Waals surface area contributed by atoms with Gasteiger partial charge in [0, 0.05) is 19.3 Å². The van der Waals surface area contributed by atoms with E-state index in [1.807, 2.05) is 4.90 Å². The molecule has 2 fully saturated rings. The second-order valence-electron chi connectivity index (χ2n) is 6.91. The molecule has 1 saturated carbocycles. The van der Waals surface area contributed by atoms with E-state index in [0.29, 0.717) is 5.41 Å². The second kappa shape index (κ2) is 6.65. The lowest BCUT2D eigenvalue weighted by Gasteiger charge is -2.44. The van der Waals surface area contributed by atoms with Crippen molar-refractivity contribution in [3.05, 3.63) is 0 Å². The van der Waals surface area contributed by atoms with Crippen molar-refractivity contribution in [3.8, 4) is 0 Å². The average Bonchev–Trinajstić information content (AvgIpc) is 2.45. The largest absolute Gasteiger partial charge is 0.341 e. The van der Waals surface area contributed by atoms with E-state index >= 15 is 0 Å². The van der Waals surface area contributed by atoms with Crippen LogP contribution in [0, 0.1) is 5.41 Å². The van der Waals surface area contributed by atoms with Gasteiger partial charge in [0.2, 0.25) is 5.91 Å². The third kappa shape index (κ3) is 4.68. The van der Waals surface area contributed by atoms with E-state index in [-0.39, 0.29) is 18.1 Å². The first-order valence-corrected chi connectivity index (χ1v) is 10.1. The number of hydrogen-bond acceptors (Lipinski definition) is 4. The van der Waals surface area contributed by atoms with E-state index in [9.17, 15) is 13.2 Å². The van der Waals surface area contributed by atoms with Crippen LogP contribution >= 0.6 is 0 Å². The van der Waals surface area contributed by atoms with Crippen molar-refractivity contribution in [3.63, 3.8) is 0 Å². The van der Waals surface area contributed by atoms with Gasteiger partial charge < -0.3 is 10.6 Å². The van der Waals surface area contributed by atoms with Crippen molar-refractivity contribution < 1.29 is 13.2 Å². The Morgan fingerprint density at radius 1 is 1.14 bits per heavy atom. The molecule has 5 nitrogen and oxygen atoms in total. The number of sulfone groups is 1. The standard InChI is InChI=1S/C15H28N2O3S/c1-21(19,20)12-5-13(16)14(18)17-10-8-15(9-11-17)6-3-2-4-7-15/h13H,2-12,16H2,1H3. The van der Waals surface area contributed by atoms with Crippen molar-refractivity contribution in [2.45, 2.75) is 57.4 Å². The zero-order valence-electron chi connectivity index (χ0n) is 13.0. The Balaban J connectivity index is 1.82. The van der Waals surface area contributed by atoms with Gasteiger partial charge in [0.25, 0.3) is 0 Å². The molecule has 1 atom stereocenters. The van der Waals surface area contributed by atoms with Gasteiger partial charge in [0.05, 0.1) is 11.8 Å². The maximum atomic E-state index is 12.3. The lowest BCUT2D eigenvalue weighted by Crippen LogP contribution is -2.50. The minimum atomic E-state index is -3.06. The van der Waals surface area contributed by atoms with E-state index in [4.69, 9.17) is 5.73 Å². The lowest BCUT2D eigenvalue weighted by atomic mass is 9.68. The highest BCUT2D eigenvalue weighted by atomic mass is 32.2. The minimum absolute atomic E-state index is 0.0162. The summed E-state index contributed by atoms with van der Waals surface area (Å²) in [4.78, 5) is 14.1. The van der Waals surface area contributed by atoms with Crippen LogP contribution in [0.5, 0.6) is 0 Å². The van der Waals surface area contributed by atoms with Crippen molar-refractivity contribution >= 4 is 15.7 Å². The molecule has 21 heavy (non-hydrogen) atoms. The Morgan fingerprint density at radius 2 is 1.71 bits per heavy atom. The molecule has 1 aliphatic heterocycles. The maximum Gasteiger partial charge on any atom is 0.239 e. The molecule has 1 unspecified atom stereocenters. The predicted molar refractivity (Wildman–Crippen MR) is 83.6 cm³/mol. The Morgan fingerprint density at radius 3 is 2.24 bits per heavy atom. The van der Waals surface area contributed by atoms with E-state index in [1.54, 1.807) is 0 Å². The molecule has 0 aromatic rings. The molecule has 1 heterocycles. The van der Waals surface area contributed by atoms with Gasteiger partial charge in [-0.05, 0) is 37.5 Å². The zero-order valence-corrected chi connectivity index (χ0v) is 13.8. The molecule has 1 spiro atoms. The molecular weight excluding hydrogens is 288 g/mol. The molecule has 6 heteroatoms. The van der Waals surface area contributed by atoms with Crippen LogP contribution in [0.2, 0.25) is 0 Å². The second-order valence-corrected chi connectivity index (χ2v) is 9.17. The van der Waals surface area contributed by atoms with Gasteiger partial charge in [-0.3, -0.25) is 4.79 Å². The van der Waals surface area contributed by atoms with Crippen LogP contribution in [0.1, 0.15) is 51.4 Å². The number of carbonyl (C=O) groups excluding carboxylic acids is 1. The van der Waals surface area contributed by atoms with Crippen molar-refractivity contribution in [1.82, 2.24) is 4.90 Å². The van der Waals surface area contributed by atoms with Crippen LogP contribution < -0.4 is 5.73 Å². The molecule has 0 aromatic heterocycles. The summed E-state index contributed by atoms with van der Waals surface area (Å²) < 4.78 is 22.3. The first-order chi connectivity index (χ1) is 9.81. The Kier molecular flexibility index (Phi) is 5.30. The number of nitrogens with two attached hydrogens (primary N) is 1. The van der Waals surface area contributed by atoms with Gasteiger partial charge in [-0.2, -0.15) is 0 Å². The molecule has 2 rings (SSSR count). The van der Waals surface area contributed by atoms with Crippen LogP contribution in [-0.2, 0) is 14.6 Å². The molecule has 0 radical (unpaired) electrons. The molecule has 1 aliphatic carbocycles. The van der Waals surface area contributed by atoms with Gasteiger partial charge in [-0.15, -0.1) is 0 Å². The highest BCUT2D eigenvalue weighted by Gasteiger charge is 2.37. The Bertz CT molecular complexity index is 459. The minimum Gasteiger partial charge on any atom is -0.341 e. The van der Waals surface area contributed by atoms with E-state index in [1.165, 1.54) is 38.4 Å². The van der Waals surface area contributed by atoms with Crippen molar-refractivity contribution in [1.29, 1.82) is 0 Å². The van der Waals surface area contributed by atoms with Gasteiger partial charge in [0.1, 0.15) is 9.84 Å². The fourth-order valence-electron chi connectivity index (χ4n) is 3.70. The summed E-state index contributed by atoms with van der Waals surface area (Å²) in [5.74, 6) is -0.0955. The van der Waals surface area contributed by atoms with Gasteiger partial charge in [-0.1, -0.05) is 19.3 Å². The highest BCUT2D eigenvalue weighted by molar-refractivity contribution is 7.90. The fourth-order valence-corrected chi connectivity index (χ4v) is 4.38. The fraction of sp³-hybridized carbons (Fsp3) is 0.933. The third-order valence-electron chi connectivity index (χ3n) is 5.17. The van der Waals surface area contributed by atoms with Crippen LogP contribution in [0.4, 0.5) is 0 Å². The summed E-state index contributed by atoms with van der Waals surface area (Å²) in [6.45, 7) is 1.57. The van der Waals surface area contributed by atoms with Crippen LogP contribution in [0.15, 0.2) is 0 Å². The van der Waals surface area contributed by atoms with E-state index in [0.717, 1.165) is 25.9 Å². The van der Waals surface area contributed by atoms with Crippen LogP contribution in [0.25, 0.3) is 0 Å². The molecule has 122 valence electrons. The van der Waals surface area contributed by atoms with Gasteiger partial charge >= 0.3 is 0 Å². The molecule has 2 aliphatic rings. The normalized spacial score (nSPS) is 24.0. The number of likely N-dealkylation sites (tertiary alicyclic amines) is 1. The highest BCUT2D eigenvalue weighted by Crippen LogP contribution is 2.44. The van der Waals surface area contributed by atoms with Crippen LogP contribution in [0.3, 0.4) is 0 Å². The van der Waals surface area contributed by atoms with Crippen LogP contribution in [-0.4, -0.2) is 50.4 Å². The van der Waals surface area contributed by atoms with Crippen molar-refractivity contribution in [2.24, 2.45) is 11.1 Å². The smallest absolute Gasteiger partial charge is 0.239 e. The maximum absolute atomic E-state index is 12.3. The summed E-state index contributed by atoms with van der Waals surface area (Å²) in [6.07, 6.45) is 10.2. The summed E-state index contributed by atoms with van der Waals surface area (Å²) in [7, 11) is -3.06. The predicted octanol–water partition coefficient (Wildman–Crippen LogP) is 1.32. The summed E-state index contributed by atoms with van der Waals surface area (Å²) in [6, 6.07) is -0.680. The average molecular weight is 316 g/mol. The van der Waals surface area contributed by atoms with Crippen molar-refractivity contribution in [2.75, 3.05) is 25.1 Å². The number of hydrogen-bond donors (Lipinski definition) is 1. The Labute approximate surface area is 128 Å².